The summed E-state index contributed by atoms with van der Waals surface area (Å²) in [6.07, 6.45) is 1.40. The number of nitrogens with zero attached hydrogens (tertiary/aromatic N) is 1. The molecule has 0 aromatic heterocycles. The van der Waals surface area contributed by atoms with Gasteiger partial charge in [0, 0.05) is 12.5 Å². The lowest BCUT2D eigenvalue weighted by molar-refractivity contribution is -0.140. The number of amides is 1. The second kappa shape index (κ2) is 6.79. The topological polar surface area (TPSA) is 69.6 Å². The van der Waals surface area contributed by atoms with Gasteiger partial charge in [-0.05, 0) is 32.7 Å². The molecule has 2 unspecified atom stereocenters. The fourth-order valence-electron chi connectivity index (χ4n) is 2.32. The second-order valence-corrected chi connectivity index (χ2v) is 5.03. The Balaban J connectivity index is 2.43. The SMILES string of the molecule is CC(CCC(NC=O)C(=O)O)N1CCCC(F)(F)C1. The average molecular weight is 278 g/mol. The molecule has 1 saturated heterocycles. The van der Waals surface area contributed by atoms with E-state index in [2.05, 4.69) is 5.32 Å². The smallest absolute Gasteiger partial charge is 0.326 e. The molecule has 2 N–H and O–H groups in total. The van der Waals surface area contributed by atoms with Crippen LogP contribution in [0.5, 0.6) is 0 Å². The van der Waals surface area contributed by atoms with Crippen LogP contribution in [0.2, 0.25) is 0 Å². The molecule has 2 atom stereocenters. The van der Waals surface area contributed by atoms with Gasteiger partial charge in [-0.2, -0.15) is 0 Å². The lowest BCUT2D eigenvalue weighted by Crippen LogP contribution is -2.47. The normalized spacial score (nSPS) is 22.5. The van der Waals surface area contributed by atoms with E-state index in [0.717, 1.165) is 0 Å². The summed E-state index contributed by atoms with van der Waals surface area (Å²) in [5.41, 5.74) is 0. The van der Waals surface area contributed by atoms with E-state index >= 15 is 0 Å². The van der Waals surface area contributed by atoms with Crippen molar-refractivity contribution in [3.05, 3.63) is 0 Å². The van der Waals surface area contributed by atoms with Crippen molar-refractivity contribution in [3.8, 4) is 0 Å². The maximum absolute atomic E-state index is 13.3. The first-order valence-electron chi connectivity index (χ1n) is 6.40. The minimum atomic E-state index is -2.65. The van der Waals surface area contributed by atoms with E-state index < -0.39 is 17.9 Å². The zero-order valence-corrected chi connectivity index (χ0v) is 10.9. The van der Waals surface area contributed by atoms with Crippen molar-refractivity contribution in [1.82, 2.24) is 10.2 Å². The van der Waals surface area contributed by atoms with Crippen LogP contribution in [-0.2, 0) is 9.59 Å². The third kappa shape index (κ3) is 5.10. The van der Waals surface area contributed by atoms with Crippen molar-refractivity contribution in [2.24, 2.45) is 0 Å². The number of nitrogens with one attached hydrogen (secondary N) is 1. The predicted molar refractivity (Wildman–Crippen MR) is 65.1 cm³/mol. The Morgan fingerprint density at radius 2 is 2.21 bits per heavy atom. The first-order valence-corrected chi connectivity index (χ1v) is 6.40. The number of hydrogen-bond donors (Lipinski definition) is 2. The van der Waals surface area contributed by atoms with Crippen LogP contribution >= 0.6 is 0 Å². The number of alkyl halides is 2. The molecule has 1 amide bonds. The Hall–Kier alpha value is -1.24. The van der Waals surface area contributed by atoms with Crippen molar-refractivity contribution < 1.29 is 23.5 Å². The molecule has 0 aromatic rings. The Morgan fingerprint density at radius 3 is 2.74 bits per heavy atom. The largest absolute Gasteiger partial charge is 0.480 e. The maximum Gasteiger partial charge on any atom is 0.326 e. The minimum absolute atomic E-state index is 0.0827. The van der Waals surface area contributed by atoms with Crippen molar-refractivity contribution in [1.29, 1.82) is 0 Å². The highest BCUT2D eigenvalue weighted by molar-refractivity contribution is 5.76. The van der Waals surface area contributed by atoms with E-state index in [-0.39, 0.29) is 25.4 Å². The number of rotatable bonds is 7. The Morgan fingerprint density at radius 1 is 1.53 bits per heavy atom. The van der Waals surface area contributed by atoms with Gasteiger partial charge in [0.15, 0.2) is 0 Å². The quantitative estimate of drug-likeness (QED) is 0.684. The van der Waals surface area contributed by atoms with Crippen molar-refractivity contribution >= 4 is 12.4 Å². The van der Waals surface area contributed by atoms with Crippen LogP contribution < -0.4 is 5.32 Å². The number of carboxylic acids is 1. The van der Waals surface area contributed by atoms with Crippen molar-refractivity contribution in [2.75, 3.05) is 13.1 Å². The number of piperidine rings is 1. The standard InChI is InChI=1S/C12H20F2N2O3/c1-9(3-4-10(11(18)19)15-8-17)16-6-2-5-12(13,14)7-16/h8-10H,2-7H2,1H3,(H,15,17)(H,18,19). The van der Waals surface area contributed by atoms with E-state index in [0.29, 0.717) is 25.8 Å². The fourth-order valence-corrected chi connectivity index (χ4v) is 2.32. The number of carboxylic acid groups (broad SMARTS) is 1. The van der Waals surface area contributed by atoms with E-state index in [9.17, 15) is 18.4 Å². The summed E-state index contributed by atoms with van der Waals surface area (Å²) in [6, 6.07) is -1.08. The minimum Gasteiger partial charge on any atom is -0.480 e. The maximum atomic E-state index is 13.3. The van der Waals surface area contributed by atoms with Crippen LogP contribution in [-0.4, -0.2) is 53.5 Å². The van der Waals surface area contributed by atoms with Crippen molar-refractivity contribution in [3.63, 3.8) is 0 Å². The van der Waals surface area contributed by atoms with E-state index in [1.165, 1.54) is 0 Å². The van der Waals surface area contributed by atoms with Gasteiger partial charge >= 0.3 is 5.97 Å². The molecule has 1 heterocycles. The predicted octanol–water partition coefficient (Wildman–Crippen LogP) is 1.09. The molecule has 1 fully saturated rings. The third-order valence-corrected chi connectivity index (χ3v) is 3.49. The first-order chi connectivity index (χ1) is 8.85. The Bertz CT molecular complexity index is 326. The zero-order valence-electron chi connectivity index (χ0n) is 10.9. The Labute approximate surface area is 111 Å². The van der Waals surface area contributed by atoms with E-state index in [4.69, 9.17) is 5.11 Å². The van der Waals surface area contributed by atoms with Gasteiger partial charge in [0.25, 0.3) is 5.92 Å². The Kier molecular flexibility index (Phi) is 5.65. The summed E-state index contributed by atoms with van der Waals surface area (Å²) < 4.78 is 26.5. The highest BCUT2D eigenvalue weighted by Crippen LogP contribution is 2.28. The summed E-state index contributed by atoms with van der Waals surface area (Å²) in [7, 11) is 0. The van der Waals surface area contributed by atoms with Crippen LogP contribution in [0.1, 0.15) is 32.6 Å². The number of carbonyl (C=O) groups is 2. The van der Waals surface area contributed by atoms with Crippen molar-refractivity contribution in [2.45, 2.75) is 50.6 Å². The van der Waals surface area contributed by atoms with Gasteiger partial charge < -0.3 is 10.4 Å². The van der Waals surface area contributed by atoms with Crippen LogP contribution in [0.25, 0.3) is 0 Å². The molecule has 0 bridgehead atoms. The molecule has 7 heteroatoms. The van der Waals surface area contributed by atoms with Crippen LogP contribution in [0.15, 0.2) is 0 Å². The summed E-state index contributed by atoms with van der Waals surface area (Å²) in [5, 5.41) is 11.1. The fraction of sp³-hybridized carbons (Fsp3) is 0.833. The molecule has 0 aliphatic carbocycles. The molecule has 0 spiro atoms. The molecule has 0 aromatic carbocycles. The van der Waals surface area contributed by atoms with Gasteiger partial charge in [0.1, 0.15) is 6.04 Å². The highest BCUT2D eigenvalue weighted by Gasteiger charge is 2.36. The number of halogens is 2. The summed E-state index contributed by atoms with van der Waals surface area (Å²) >= 11 is 0. The molecular weight excluding hydrogens is 258 g/mol. The monoisotopic (exact) mass is 278 g/mol. The van der Waals surface area contributed by atoms with Gasteiger partial charge in [-0.1, -0.05) is 0 Å². The van der Waals surface area contributed by atoms with Crippen LogP contribution in [0, 0.1) is 0 Å². The second-order valence-electron chi connectivity index (χ2n) is 5.03. The zero-order chi connectivity index (χ0) is 14.5. The molecule has 19 heavy (non-hydrogen) atoms. The molecule has 1 aliphatic rings. The summed E-state index contributed by atoms with van der Waals surface area (Å²) in [4.78, 5) is 22.8. The number of likely N-dealkylation sites (tertiary alicyclic amines) is 1. The number of aliphatic carboxylic acids is 1. The summed E-state index contributed by atoms with van der Waals surface area (Å²) in [5.74, 6) is -3.76. The van der Waals surface area contributed by atoms with Gasteiger partial charge in [0.2, 0.25) is 6.41 Å². The number of hydrogen-bond acceptors (Lipinski definition) is 3. The van der Waals surface area contributed by atoms with E-state index in [1.807, 2.05) is 0 Å². The molecule has 1 aliphatic heterocycles. The third-order valence-electron chi connectivity index (χ3n) is 3.49. The van der Waals surface area contributed by atoms with Gasteiger partial charge in [-0.15, -0.1) is 0 Å². The van der Waals surface area contributed by atoms with Crippen LogP contribution in [0.3, 0.4) is 0 Å². The highest BCUT2D eigenvalue weighted by atomic mass is 19.3. The molecule has 0 radical (unpaired) electrons. The lowest BCUT2D eigenvalue weighted by atomic mass is 10.0. The molecule has 0 saturated carbocycles. The van der Waals surface area contributed by atoms with Gasteiger partial charge in [0.05, 0.1) is 6.54 Å². The molecular formula is C12H20F2N2O3. The number of carbonyl (C=O) groups excluding carboxylic acids is 1. The lowest BCUT2D eigenvalue weighted by Gasteiger charge is -2.36. The average Bonchev–Trinajstić information content (AvgIpc) is 2.32. The van der Waals surface area contributed by atoms with Crippen LogP contribution in [0.4, 0.5) is 8.78 Å². The van der Waals surface area contributed by atoms with E-state index in [1.54, 1.807) is 11.8 Å². The molecule has 5 nitrogen and oxygen atoms in total. The first kappa shape index (κ1) is 15.8. The van der Waals surface area contributed by atoms with Gasteiger partial charge in [-0.3, -0.25) is 9.69 Å². The molecule has 110 valence electrons. The molecule has 1 rings (SSSR count). The summed E-state index contributed by atoms with van der Waals surface area (Å²) in [6.45, 7) is 2.14. The van der Waals surface area contributed by atoms with Gasteiger partial charge in [-0.25, -0.2) is 13.6 Å².